The molecule has 0 amide bonds. The van der Waals surface area contributed by atoms with Crippen molar-refractivity contribution in [2.45, 2.75) is 4.90 Å². The first-order valence-electron chi connectivity index (χ1n) is 6.66. The van der Waals surface area contributed by atoms with Crippen LogP contribution in [-0.2, 0) is 14.6 Å². The molecule has 0 aliphatic rings. The molecule has 0 aliphatic carbocycles. The molecule has 2 rings (SSSR count). The summed E-state index contributed by atoms with van der Waals surface area (Å²) in [4.78, 5) is 11.6. The van der Waals surface area contributed by atoms with Crippen LogP contribution in [-0.4, -0.2) is 27.8 Å². The Hall–Kier alpha value is -2.63. The summed E-state index contributed by atoms with van der Waals surface area (Å²) in [6, 6.07) is 7.42. The zero-order valence-electron chi connectivity index (χ0n) is 13.0. The predicted octanol–water partition coefficient (Wildman–Crippen LogP) is 3.33. The molecule has 25 heavy (non-hydrogen) atoms. The lowest BCUT2D eigenvalue weighted by molar-refractivity contribution is 0.0596. The van der Waals surface area contributed by atoms with Gasteiger partial charge in [-0.3, -0.25) is 0 Å². The minimum absolute atomic E-state index is 0.0204. The predicted molar refractivity (Wildman–Crippen MR) is 87.1 cm³/mol. The number of hydrogen-bond donors (Lipinski definition) is 0. The molecule has 0 aromatic heterocycles. The van der Waals surface area contributed by atoms with Crippen molar-refractivity contribution >= 4 is 27.4 Å². The highest BCUT2D eigenvalue weighted by molar-refractivity contribution is 7.90. The largest absolute Gasteiger partial charge is 0.465 e. The van der Waals surface area contributed by atoms with E-state index in [0.717, 1.165) is 31.6 Å². The minimum atomic E-state index is -3.76. The van der Waals surface area contributed by atoms with Crippen molar-refractivity contribution in [2.75, 3.05) is 13.4 Å². The van der Waals surface area contributed by atoms with E-state index in [2.05, 4.69) is 4.74 Å². The number of sulfone groups is 1. The normalized spacial score (nSPS) is 10.8. The Morgan fingerprint density at radius 1 is 1.28 bits per heavy atom. The third kappa shape index (κ3) is 4.07. The zero-order chi connectivity index (χ0) is 18.8. The lowest BCUT2D eigenvalue weighted by atomic mass is 10.2. The maximum absolute atomic E-state index is 13.5. The fourth-order valence-corrected chi connectivity index (χ4v) is 3.24. The standard InChI is InChI=1S/C16H11ClFNO5S/c1-23-16(20)14-13(25(2,21)22)4-3-12(15(14)17)24-11-6-9(8-19)5-10(18)7-11/h3-7H,1-2H3. The van der Waals surface area contributed by atoms with Crippen LogP contribution in [0.4, 0.5) is 4.39 Å². The van der Waals surface area contributed by atoms with E-state index in [-0.39, 0.29) is 32.5 Å². The molecule has 0 atom stereocenters. The molecule has 9 heteroatoms. The van der Waals surface area contributed by atoms with Crippen LogP contribution in [0.25, 0.3) is 0 Å². The first-order valence-corrected chi connectivity index (χ1v) is 8.93. The van der Waals surface area contributed by atoms with Gasteiger partial charge in [0.15, 0.2) is 9.84 Å². The Morgan fingerprint density at radius 2 is 1.96 bits per heavy atom. The number of esters is 1. The summed E-state index contributed by atoms with van der Waals surface area (Å²) >= 11 is 6.11. The monoisotopic (exact) mass is 383 g/mol. The van der Waals surface area contributed by atoms with Crippen molar-refractivity contribution in [1.29, 1.82) is 5.26 Å². The number of benzene rings is 2. The summed E-state index contributed by atoms with van der Waals surface area (Å²) in [5.41, 5.74) is -0.367. The molecule has 0 bridgehead atoms. The highest BCUT2D eigenvalue weighted by atomic mass is 35.5. The minimum Gasteiger partial charge on any atom is -0.465 e. The van der Waals surface area contributed by atoms with E-state index in [1.165, 1.54) is 12.1 Å². The van der Waals surface area contributed by atoms with E-state index in [0.29, 0.717) is 0 Å². The lowest BCUT2D eigenvalue weighted by Gasteiger charge is -2.13. The second-order valence-electron chi connectivity index (χ2n) is 4.90. The third-order valence-corrected chi connectivity index (χ3v) is 4.60. The molecule has 2 aromatic rings. The molecular formula is C16H11ClFNO5S. The fourth-order valence-electron chi connectivity index (χ4n) is 2.03. The number of nitrogens with zero attached hydrogens (tertiary/aromatic N) is 1. The molecule has 0 spiro atoms. The number of carbonyl (C=O) groups excluding carboxylic acids is 1. The maximum atomic E-state index is 13.5. The molecule has 2 aromatic carbocycles. The quantitative estimate of drug-likeness (QED) is 0.752. The summed E-state index contributed by atoms with van der Waals surface area (Å²) in [6.45, 7) is 0. The van der Waals surface area contributed by atoms with Gasteiger partial charge in [-0.05, 0) is 24.3 Å². The number of ether oxygens (including phenoxy) is 2. The molecule has 0 saturated carbocycles. The van der Waals surface area contributed by atoms with Gasteiger partial charge >= 0.3 is 5.97 Å². The Morgan fingerprint density at radius 3 is 2.52 bits per heavy atom. The van der Waals surface area contributed by atoms with Gasteiger partial charge in [-0.2, -0.15) is 5.26 Å². The van der Waals surface area contributed by atoms with Crippen molar-refractivity contribution < 1.29 is 27.1 Å². The topological polar surface area (TPSA) is 93.5 Å². The van der Waals surface area contributed by atoms with E-state index >= 15 is 0 Å². The Bertz CT molecular complexity index is 998. The second-order valence-corrected chi connectivity index (χ2v) is 7.27. The van der Waals surface area contributed by atoms with Crippen molar-refractivity contribution in [2.24, 2.45) is 0 Å². The zero-order valence-corrected chi connectivity index (χ0v) is 14.6. The number of carbonyl (C=O) groups is 1. The van der Waals surface area contributed by atoms with Gasteiger partial charge < -0.3 is 9.47 Å². The van der Waals surface area contributed by atoms with Crippen molar-refractivity contribution in [3.05, 3.63) is 52.3 Å². The Kier molecular flexibility index (Phi) is 5.30. The van der Waals surface area contributed by atoms with Gasteiger partial charge in [0.1, 0.15) is 22.9 Å². The molecule has 0 fully saturated rings. The molecule has 0 heterocycles. The maximum Gasteiger partial charge on any atom is 0.340 e. The van der Waals surface area contributed by atoms with Crippen LogP contribution in [0.1, 0.15) is 15.9 Å². The number of halogens is 2. The molecule has 0 saturated heterocycles. The van der Waals surface area contributed by atoms with Crippen LogP contribution >= 0.6 is 11.6 Å². The SMILES string of the molecule is COC(=O)c1c(S(C)(=O)=O)ccc(Oc2cc(F)cc(C#N)c2)c1Cl. The summed E-state index contributed by atoms with van der Waals surface area (Å²) in [5, 5.41) is 8.55. The third-order valence-electron chi connectivity index (χ3n) is 3.09. The van der Waals surface area contributed by atoms with Gasteiger partial charge in [-0.1, -0.05) is 11.6 Å². The van der Waals surface area contributed by atoms with E-state index in [4.69, 9.17) is 21.6 Å². The van der Waals surface area contributed by atoms with E-state index in [1.807, 2.05) is 0 Å². The molecule has 130 valence electrons. The molecular weight excluding hydrogens is 373 g/mol. The van der Waals surface area contributed by atoms with Crippen molar-refractivity contribution in [1.82, 2.24) is 0 Å². The van der Waals surface area contributed by atoms with Crippen molar-refractivity contribution in [3.8, 4) is 17.6 Å². The molecule has 6 nitrogen and oxygen atoms in total. The van der Waals surface area contributed by atoms with Crippen LogP contribution in [0.3, 0.4) is 0 Å². The second kappa shape index (κ2) is 7.09. The van der Waals surface area contributed by atoms with E-state index < -0.39 is 21.6 Å². The highest BCUT2D eigenvalue weighted by Gasteiger charge is 2.25. The summed E-state index contributed by atoms with van der Waals surface area (Å²) in [6.07, 6.45) is 0.914. The van der Waals surface area contributed by atoms with Crippen molar-refractivity contribution in [3.63, 3.8) is 0 Å². The first kappa shape index (κ1) is 18.7. The highest BCUT2D eigenvalue weighted by Crippen LogP contribution is 2.36. The number of rotatable bonds is 4. The first-order chi connectivity index (χ1) is 11.7. The van der Waals surface area contributed by atoms with Crippen LogP contribution < -0.4 is 4.74 Å². The molecule has 0 radical (unpaired) electrons. The van der Waals surface area contributed by atoms with Gasteiger partial charge in [0.25, 0.3) is 0 Å². The summed E-state index contributed by atoms with van der Waals surface area (Å²) < 4.78 is 47.1. The lowest BCUT2D eigenvalue weighted by Crippen LogP contribution is -2.11. The van der Waals surface area contributed by atoms with Crippen LogP contribution in [0.15, 0.2) is 35.2 Å². The van der Waals surface area contributed by atoms with Gasteiger partial charge in [-0.15, -0.1) is 0 Å². The number of nitriles is 1. The van der Waals surface area contributed by atoms with Crippen LogP contribution in [0.2, 0.25) is 5.02 Å². The molecule has 0 N–H and O–H groups in total. The average molecular weight is 384 g/mol. The van der Waals surface area contributed by atoms with Crippen LogP contribution in [0, 0.1) is 17.1 Å². The Balaban J connectivity index is 2.59. The van der Waals surface area contributed by atoms with Crippen LogP contribution in [0.5, 0.6) is 11.5 Å². The molecule has 0 unspecified atom stereocenters. The van der Waals surface area contributed by atoms with Gasteiger partial charge in [0, 0.05) is 12.3 Å². The van der Waals surface area contributed by atoms with Gasteiger partial charge in [0.2, 0.25) is 0 Å². The summed E-state index contributed by atoms with van der Waals surface area (Å²) in [5.74, 6) is -1.80. The summed E-state index contributed by atoms with van der Waals surface area (Å²) in [7, 11) is -2.69. The number of methoxy groups -OCH3 is 1. The number of hydrogen-bond acceptors (Lipinski definition) is 6. The fraction of sp³-hybridized carbons (Fsp3) is 0.125. The van der Waals surface area contributed by atoms with E-state index in [9.17, 15) is 17.6 Å². The average Bonchev–Trinajstić information content (AvgIpc) is 2.54. The Labute approximate surface area is 148 Å². The van der Waals surface area contributed by atoms with E-state index in [1.54, 1.807) is 6.07 Å². The smallest absolute Gasteiger partial charge is 0.340 e. The van der Waals surface area contributed by atoms with Gasteiger partial charge in [-0.25, -0.2) is 17.6 Å². The molecule has 0 aliphatic heterocycles. The van der Waals surface area contributed by atoms with Gasteiger partial charge in [0.05, 0.1) is 28.7 Å².